The maximum Gasteiger partial charge on any atom is 0.407 e. The molecule has 2 rings (SSSR count). The molecule has 0 spiro atoms. The van der Waals surface area contributed by atoms with Crippen molar-refractivity contribution in [3.05, 3.63) is 29.8 Å². The van der Waals surface area contributed by atoms with Gasteiger partial charge >= 0.3 is 6.09 Å². The van der Waals surface area contributed by atoms with E-state index < -0.39 is 11.7 Å². The second-order valence-corrected chi connectivity index (χ2v) is 8.30. The number of nitrogens with zero attached hydrogens (tertiary/aromatic N) is 2. The molecule has 0 aliphatic carbocycles. The van der Waals surface area contributed by atoms with E-state index >= 15 is 0 Å². The largest absolute Gasteiger partial charge is 0.444 e. The van der Waals surface area contributed by atoms with Gasteiger partial charge < -0.3 is 25.6 Å². The van der Waals surface area contributed by atoms with Gasteiger partial charge in [-0.25, -0.2) is 4.79 Å². The number of benzene rings is 1. The zero-order chi connectivity index (χ0) is 22.0. The van der Waals surface area contributed by atoms with Crippen molar-refractivity contribution in [1.82, 2.24) is 16.0 Å². The number of piperidine rings is 1. The molecule has 166 valence electrons. The van der Waals surface area contributed by atoms with Crippen molar-refractivity contribution >= 4 is 23.6 Å². The van der Waals surface area contributed by atoms with E-state index in [0.717, 1.165) is 37.1 Å². The van der Waals surface area contributed by atoms with Crippen LogP contribution in [-0.4, -0.2) is 50.2 Å². The summed E-state index contributed by atoms with van der Waals surface area (Å²) in [7, 11) is 1.72. The first-order valence-electron chi connectivity index (χ1n) is 10.6. The minimum Gasteiger partial charge on any atom is -0.444 e. The standard InChI is InChI=1S/C22H35N5O3/c1-22(2,3)30-21(29)25-14-7-13-24-20(23-4)26-16-17-9-11-18(12-10-17)27-15-6-5-8-19(27)28/h9-12H,5-8,13-16H2,1-4H3,(H,25,29)(H2,23,24,26). The number of hydrogen-bond donors (Lipinski definition) is 3. The highest BCUT2D eigenvalue weighted by molar-refractivity contribution is 5.93. The number of anilines is 1. The maximum atomic E-state index is 12.0. The summed E-state index contributed by atoms with van der Waals surface area (Å²) < 4.78 is 5.20. The normalized spacial score (nSPS) is 15.0. The van der Waals surface area contributed by atoms with Gasteiger partial charge in [0.2, 0.25) is 5.91 Å². The lowest BCUT2D eigenvalue weighted by Gasteiger charge is -2.26. The number of nitrogens with one attached hydrogen (secondary N) is 3. The Morgan fingerprint density at radius 3 is 2.43 bits per heavy atom. The third kappa shape index (κ3) is 8.31. The smallest absolute Gasteiger partial charge is 0.407 e. The molecule has 8 nitrogen and oxygen atoms in total. The zero-order valence-electron chi connectivity index (χ0n) is 18.6. The molecule has 1 heterocycles. The van der Waals surface area contributed by atoms with Gasteiger partial charge in [-0.15, -0.1) is 0 Å². The quantitative estimate of drug-likeness (QED) is 0.360. The third-order valence-electron chi connectivity index (χ3n) is 4.57. The molecule has 1 aromatic rings. The molecule has 30 heavy (non-hydrogen) atoms. The van der Waals surface area contributed by atoms with E-state index in [1.807, 2.05) is 49.9 Å². The number of carbonyl (C=O) groups excluding carboxylic acids is 2. The monoisotopic (exact) mass is 417 g/mol. The second kappa shape index (κ2) is 11.4. The molecule has 0 unspecified atom stereocenters. The van der Waals surface area contributed by atoms with E-state index in [1.54, 1.807) is 7.05 Å². The van der Waals surface area contributed by atoms with Crippen molar-refractivity contribution < 1.29 is 14.3 Å². The Morgan fingerprint density at radius 1 is 1.10 bits per heavy atom. The first kappa shape index (κ1) is 23.5. The highest BCUT2D eigenvalue weighted by Gasteiger charge is 2.19. The van der Waals surface area contributed by atoms with E-state index in [2.05, 4.69) is 20.9 Å². The third-order valence-corrected chi connectivity index (χ3v) is 4.57. The second-order valence-electron chi connectivity index (χ2n) is 8.30. The summed E-state index contributed by atoms with van der Waals surface area (Å²) in [6.07, 6.45) is 3.03. The van der Waals surface area contributed by atoms with Crippen molar-refractivity contribution in [2.24, 2.45) is 4.99 Å². The lowest BCUT2D eigenvalue weighted by molar-refractivity contribution is -0.119. The van der Waals surface area contributed by atoms with E-state index in [1.165, 1.54) is 0 Å². The molecule has 0 radical (unpaired) electrons. The Labute approximate surface area is 179 Å². The molecule has 1 aromatic carbocycles. The van der Waals surface area contributed by atoms with Crippen LogP contribution in [0.5, 0.6) is 0 Å². The minimum absolute atomic E-state index is 0.206. The van der Waals surface area contributed by atoms with Gasteiger partial charge in [-0.05, 0) is 57.7 Å². The van der Waals surface area contributed by atoms with Gasteiger partial charge in [-0.2, -0.15) is 0 Å². The van der Waals surface area contributed by atoms with Gasteiger partial charge in [0.1, 0.15) is 5.60 Å². The zero-order valence-corrected chi connectivity index (χ0v) is 18.6. The highest BCUT2D eigenvalue weighted by Crippen LogP contribution is 2.21. The number of alkyl carbamates (subject to hydrolysis) is 1. The predicted octanol–water partition coefficient (Wildman–Crippen LogP) is 2.78. The molecule has 0 saturated carbocycles. The molecule has 0 bridgehead atoms. The average Bonchev–Trinajstić information content (AvgIpc) is 2.69. The summed E-state index contributed by atoms with van der Waals surface area (Å²) in [5, 5.41) is 9.23. The van der Waals surface area contributed by atoms with Crippen LogP contribution in [0.3, 0.4) is 0 Å². The van der Waals surface area contributed by atoms with Crippen molar-refractivity contribution in [1.29, 1.82) is 0 Å². The molecule has 1 saturated heterocycles. The van der Waals surface area contributed by atoms with E-state index in [4.69, 9.17) is 4.74 Å². The summed E-state index contributed by atoms with van der Waals surface area (Å²) in [5.74, 6) is 0.903. The molecule has 0 aromatic heterocycles. The van der Waals surface area contributed by atoms with Gasteiger partial charge in [0, 0.05) is 45.3 Å². The van der Waals surface area contributed by atoms with E-state index in [0.29, 0.717) is 32.0 Å². The van der Waals surface area contributed by atoms with Crippen LogP contribution in [0, 0.1) is 0 Å². The van der Waals surface area contributed by atoms with Crippen LogP contribution >= 0.6 is 0 Å². The Morgan fingerprint density at radius 2 is 1.80 bits per heavy atom. The number of guanidine groups is 1. The Balaban J connectivity index is 1.67. The van der Waals surface area contributed by atoms with Gasteiger partial charge in [0.05, 0.1) is 0 Å². The van der Waals surface area contributed by atoms with Crippen molar-refractivity contribution in [3.63, 3.8) is 0 Å². The lowest BCUT2D eigenvalue weighted by atomic mass is 10.1. The Hall–Kier alpha value is -2.77. The highest BCUT2D eigenvalue weighted by atomic mass is 16.6. The average molecular weight is 418 g/mol. The molecule has 2 amide bonds. The van der Waals surface area contributed by atoms with Crippen LogP contribution in [0.4, 0.5) is 10.5 Å². The molecule has 1 aliphatic heterocycles. The molecular weight excluding hydrogens is 382 g/mol. The Bertz CT molecular complexity index is 725. The van der Waals surface area contributed by atoms with Crippen LogP contribution in [-0.2, 0) is 16.1 Å². The Kier molecular flexibility index (Phi) is 8.95. The molecule has 1 fully saturated rings. The van der Waals surface area contributed by atoms with E-state index in [-0.39, 0.29) is 5.91 Å². The number of hydrogen-bond acceptors (Lipinski definition) is 4. The number of amides is 2. The van der Waals surface area contributed by atoms with Crippen LogP contribution < -0.4 is 20.9 Å². The SMILES string of the molecule is CN=C(NCCCNC(=O)OC(C)(C)C)NCc1ccc(N2CCCCC2=O)cc1. The molecule has 8 heteroatoms. The van der Waals surface area contributed by atoms with Crippen molar-refractivity contribution in [3.8, 4) is 0 Å². The van der Waals surface area contributed by atoms with Crippen LogP contribution in [0.1, 0.15) is 52.0 Å². The topological polar surface area (TPSA) is 95.1 Å². The van der Waals surface area contributed by atoms with Crippen LogP contribution in [0.25, 0.3) is 0 Å². The maximum absolute atomic E-state index is 12.0. The van der Waals surface area contributed by atoms with Gasteiger partial charge in [0.15, 0.2) is 5.96 Å². The lowest BCUT2D eigenvalue weighted by Crippen LogP contribution is -2.39. The fraction of sp³-hybridized carbons (Fsp3) is 0.591. The summed E-state index contributed by atoms with van der Waals surface area (Å²) in [6, 6.07) is 8.06. The van der Waals surface area contributed by atoms with Crippen molar-refractivity contribution in [2.75, 3.05) is 31.6 Å². The molecule has 3 N–H and O–H groups in total. The van der Waals surface area contributed by atoms with E-state index in [9.17, 15) is 9.59 Å². The van der Waals surface area contributed by atoms with Crippen LogP contribution in [0.15, 0.2) is 29.3 Å². The first-order valence-corrected chi connectivity index (χ1v) is 10.6. The minimum atomic E-state index is -0.490. The van der Waals surface area contributed by atoms with Gasteiger partial charge in [-0.1, -0.05) is 12.1 Å². The fourth-order valence-electron chi connectivity index (χ4n) is 3.08. The molecule has 1 aliphatic rings. The summed E-state index contributed by atoms with van der Waals surface area (Å²) in [4.78, 5) is 29.7. The predicted molar refractivity (Wildman–Crippen MR) is 120 cm³/mol. The van der Waals surface area contributed by atoms with Gasteiger partial charge in [0.25, 0.3) is 0 Å². The number of rotatable bonds is 7. The molecular formula is C22H35N5O3. The fourth-order valence-corrected chi connectivity index (χ4v) is 3.08. The van der Waals surface area contributed by atoms with Crippen LogP contribution in [0.2, 0.25) is 0 Å². The number of carbonyl (C=O) groups is 2. The molecule has 0 atom stereocenters. The summed E-state index contributed by atoms with van der Waals surface area (Å²) in [6.45, 7) is 8.14. The summed E-state index contributed by atoms with van der Waals surface area (Å²) in [5.41, 5.74) is 1.58. The van der Waals surface area contributed by atoms with Gasteiger partial charge in [-0.3, -0.25) is 9.79 Å². The number of ether oxygens (including phenoxy) is 1. The summed E-state index contributed by atoms with van der Waals surface area (Å²) >= 11 is 0. The number of aliphatic imine (C=N–C) groups is 1. The van der Waals surface area contributed by atoms with Crippen molar-refractivity contribution in [2.45, 2.75) is 58.6 Å². The first-order chi connectivity index (χ1) is 14.3.